The number of anilines is 1. The van der Waals surface area contributed by atoms with E-state index in [1.807, 2.05) is 18.2 Å². The molecule has 0 spiro atoms. The molecule has 1 heterocycles. The molecule has 0 radical (unpaired) electrons. The molecule has 1 aliphatic rings. The van der Waals surface area contributed by atoms with E-state index in [2.05, 4.69) is 19.2 Å². The fourth-order valence-electron chi connectivity index (χ4n) is 1.81. The van der Waals surface area contributed by atoms with Crippen LogP contribution in [0.3, 0.4) is 0 Å². The largest absolute Gasteiger partial charge is 0.481 e. The van der Waals surface area contributed by atoms with Crippen molar-refractivity contribution in [3.63, 3.8) is 0 Å². The highest BCUT2D eigenvalue weighted by Gasteiger charge is 2.29. The van der Waals surface area contributed by atoms with Crippen molar-refractivity contribution in [2.24, 2.45) is 0 Å². The molecule has 5 heteroatoms. The Morgan fingerprint density at radius 3 is 2.83 bits per heavy atom. The van der Waals surface area contributed by atoms with E-state index in [0.717, 1.165) is 10.6 Å². The van der Waals surface area contributed by atoms with Crippen LogP contribution >= 0.6 is 11.8 Å². The molecule has 18 heavy (non-hydrogen) atoms. The number of benzene rings is 1. The smallest absolute Gasteiger partial charge is 0.305 e. The van der Waals surface area contributed by atoms with E-state index >= 15 is 0 Å². The van der Waals surface area contributed by atoms with Crippen molar-refractivity contribution in [2.75, 3.05) is 5.32 Å². The molecule has 0 bridgehead atoms. The van der Waals surface area contributed by atoms with Gasteiger partial charge in [0.15, 0.2) is 0 Å². The maximum atomic E-state index is 11.7. The topological polar surface area (TPSA) is 66.4 Å². The molecule has 1 amide bonds. The van der Waals surface area contributed by atoms with E-state index in [9.17, 15) is 9.59 Å². The van der Waals surface area contributed by atoms with Crippen LogP contribution in [0.5, 0.6) is 0 Å². The molecule has 2 N–H and O–H groups in total. The van der Waals surface area contributed by atoms with Crippen molar-refractivity contribution in [3.05, 3.63) is 23.8 Å². The van der Waals surface area contributed by atoms with Crippen LogP contribution in [0.1, 0.15) is 31.7 Å². The van der Waals surface area contributed by atoms with Crippen molar-refractivity contribution in [3.8, 4) is 0 Å². The summed E-state index contributed by atoms with van der Waals surface area (Å²) in [5.41, 5.74) is 1.96. The highest BCUT2D eigenvalue weighted by molar-refractivity contribution is 8.01. The first-order valence-electron chi connectivity index (χ1n) is 5.80. The number of hydrogen-bond acceptors (Lipinski definition) is 3. The molecule has 2 rings (SSSR count). The van der Waals surface area contributed by atoms with Gasteiger partial charge in [-0.05, 0) is 23.6 Å². The van der Waals surface area contributed by atoms with Crippen molar-refractivity contribution >= 4 is 29.3 Å². The minimum absolute atomic E-state index is 0.151. The van der Waals surface area contributed by atoms with E-state index in [1.54, 1.807) is 0 Å². The Bertz CT molecular complexity index is 499. The van der Waals surface area contributed by atoms with Crippen LogP contribution in [-0.4, -0.2) is 22.2 Å². The van der Waals surface area contributed by atoms with Crippen LogP contribution in [0.15, 0.2) is 23.1 Å². The van der Waals surface area contributed by atoms with E-state index in [-0.39, 0.29) is 12.3 Å². The average Bonchev–Trinajstić information content (AvgIpc) is 2.28. The summed E-state index contributed by atoms with van der Waals surface area (Å²) < 4.78 is 0. The van der Waals surface area contributed by atoms with Gasteiger partial charge >= 0.3 is 5.97 Å². The fourth-order valence-corrected chi connectivity index (χ4v) is 2.96. The summed E-state index contributed by atoms with van der Waals surface area (Å²) in [7, 11) is 0. The zero-order valence-electron chi connectivity index (χ0n) is 10.3. The number of rotatable bonds is 3. The lowest BCUT2D eigenvalue weighted by Crippen LogP contribution is -2.30. The molecule has 0 saturated heterocycles. The molecule has 0 aromatic heterocycles. The first-order valence-corrected chi connectivity index (χ1v) is 6.68. The quantitative estimate of drug-likeness (QED) is 0.881. The number of fused-ring (bicyclic) bond motifs is 1. The van der Waals surface area contributed by atoms with Gasteiger partial charge in [-0.25, -0.2) is 0 Å². The van der Waals surface area contributed by atoms with Crippen LogP contribution in [-0.2, 0) is 9.59 Å². The zero-order valence-corrected chi connectivity index (χ0v) is 11.1. The molecule has 0 aliphatic carbocycles. The van der Waals surface area contributed by atoms with Gasteiger partial charge in [0, 0.05) is 4.90 Å². The number of aliphatic carboxylic acids is 1. The number of carbonyl (C=O) groups is 2. The summed E-state index contributed by atoms with van der Waals surface area (Å²) in [6.45, 7) is 4.20. The zero-order chi connectivity index (χ0) is 13.3. The number of thioether (sulfide) groups is 1. The third-order valence-corrected chi connectivity index (χ3v) is 4.11. The Labute approximate surface area is 110 Å². The lowest BCUT2D eigenvalue weighted by atomic mass is 10.0. The molecule has 1 atom stereocenters. The number of nitrogens with one attached hydrogen (secondary N) is 1. The second kappa shape index (κ2) is 5.02. The predicted molar refractivity (Wildman–Crippen MR) is 71.1 cm³/mol. The number of amides is 1. The third kappa shape index (κ3) is 2.67. The van der Waals surface area contributed by atoms with Gasteiger partial charge in [-0.2, -0.15) is 0 Å². The molecule has 4 nitrogen and oxygen atoms in total. The Balaban J connectivity index is 2.27. The number of carboxylic acid groups (broad SMARTS) is 1. The lowest BCUT2D eigenvalue weighted by molar-refractivity contribution is -0.138. The molecule has 1 aromatic rings. The standard InChI is InChI=1S/C13H15NO3S/c1-7(2)8-3-4-9-10(5-8)18-11(6-12(15)16)13(17)14-9/h3-5,7,11H,6H2,1-2H3,(H,14,17)(H,15,16). The van der Waals surface area contributed by atoms with Crippen molar-refractivity contribution in [1.82, 2.24) is 0 Å². The fraction of sp³-hybridized carbons (Fsp3) is 0.385. The van der Waals surface area contributed by atoms with Crippen molar-refractivity contribution < 1.29 is 14.7 Å². The van der Waals surface area contributed by atoms with Crippen LogP contribution in [0.2, 0.25) is 0 Å². The highest BCUT2D eigenvalue weighted by Crippen LogP contribution is 2.38. The van der Waals surface area contributed by atoms with E-state index < -0.39 is 11.2 Å². The maximum Gasteiger partial charge on any atom is 0.305 e. The molecule has 1 aromatic carbocycles. The summed E-state index contributed by atoms with van der Waals surface area (Å²) in [6.07, 6.45) is -0.151. The van der Waals surface area contributed by atoms with Crippen LogP contribution in [0.4, 0.5) is 5.69 Å². The average molecular weight is 265 g/mol. The second-order valence-electron chi connectivity index (χ2n) is 4.60. The summed E-state index contributed by atoms with van der Waals surface area (Å²) in [5, 5.41) is 11.0. The van der Waals surface area contributed by atoms with Crippen LogP contribution < -0.4 is 5.32 Å². The van der Waals surface area contributed by atoms with Crippen molar-refractivity contribution in [1.29, 1.82) is 0 Å². The van der Waals surface area contributed by atoms with Gasteiger partial charge < -0.3 is 10.4 Å². The summed E-state index contributed by atoms with van der Waals surface area (Å²) in [5.74, 6) is -0.773. The van der Waals surface area contributed by atoms with E-state index in [0.29, 0.717) is 5.92 Å². The maximum absolute atomic E-state index is 11.7. The highest BCUT2D eigenvalue weighted by atomic mass is 32.2. The van der Waals surface area contributed by atoms with Gasteiger partial charge in [-0.1, -0.05) is 19.9 Å². The van der Waals surface area contributed by atoms with Gasteiger partial charge in [0.05, 0.1) is 17.4 Å². The molecule has 1 unspecified atom stereocenters. The normalized spacial score (nSPS) is 18.4. The van der Waals surface area contributed by atoms with Gasteiger partial charge in [-0.15, -0.1) is 11.8 Å². The van der Waals surface area contributed by atoms with Crippen molar-refractivity contribution in [2.45, 2.75) is 36.3 Å². The summed E-state index contributed by atoms with van der Waals surface area (Å²) in [6, 6.07) is 5.90. The van der Waals surface area contributed by atoms with Crippen LogP contribution in [0, 0.1) is 0 Å². The molecule has 1 aliphatic heterocycles. The molecular weight excluding hydrogens is 250 g/mol. The molecular formula is C13H15NO3S. The summed E-state index contributed by atoms with van der Waals surface area (Å²) in [4.78, 5) is 23.4. The minimum atomic E-state index is -0.953. The lowest BCUT2D eigenvalue weighted by Gasteiger charge is -2.24. The van der Waals surface area contributed by atoms with E-state index in [1.165, 1.54) is 17.3 Å². The number of hydrogen-bond donors (Lipinski definition) is 2. The number of carboxylic acids is 1. The minimum Gasteiger partial charge on any atom is -0.481 e. The number of carbonyl (C=O) groups excluding carboxylic acids is 1. The van der Waals surface area contributed by atoms with E-state index in [4.69, 9.17) is 5.11 Å². The Kier molecular flexibility index (Phi) is 3.61. The monoisotopic (exact) mass is 265 g/mol. The Morgan fingerprint density at radius 2 is 2.22 bits per heavy atom. The first kappa shape index (κ1) is 13.0. The Hall–Kier alpha value is -1.49. The molecule has 0 saturated carbocycles. The van der Waals surface area contributed by atoms with Gasteiger partial charge in [0.1, 0.15) is 0 Å². The van der Waals surface area contributed by atoms with Gasteiger partial charge in [-0.3, -0.25) is 9.59 Å². The first-order chi connectivity index (χ1) is 8.47. The van der Waals surface area contributed by atoms with Crippen LogP contribution in [0.25, 0.3) is 0 Å². The molecule has 0 fully saturated rings. The molecule has 96 valence electrons. The Morgan fingerprint density at radius 1 is 1.50 bits per heavy atom. The second-order valence-corrected chi connectivity index (χ2v) is 5.85. The van der Waals surface area contributed by atoms with Gasteiger partial charge in [0.25, 0.3) is 0 Å². The predicted octanol–water partition coefficient (Wildman–Crippen LogP) is 2.70. The van der Waals surface area contributed by atoms with Gasteiger partial charge in [0.2, 0.25) is 5.91 Å². The SMILES string of the molecule is CC(C)c1ccc2c(c1)SC(CC(=O)O)C(=O)N2. The third-order valence-electron chi connectivity index (χ3n) is 2.85. The summed E-state index contributed by atoms with van der Waals surface area (Å²) >= 11 is 1.33.